The van der Waals surface area contributed by atoms with Gasteiger partial charge in [0.1, 0.15) is 0 Å². The summed E-state index contributed by atoms with van der Waals surface area (Å²) in [4.78, 5) is 30.9. The van der Waals surface area contributed by atoms with Crippen LogP contribution in [-0.4, -0.2) is 22.0 Å². The third-order valence-electron chi connectivity index (χ3n) is 3.99. The highest BCUT2D eigenvalue weighted by Crippen LogP contribution is 2.27. The monoisotopic (exact) mass is 327 g/mol. The van der Waals surface area contributed by atoms with E-state index >= 15 is 0 Å². The van der Waals surface area contributed by atoms with Crippen LogP contribution < -0.4 is 15.6 Å². The lowest BCUT2D eigenvalue weighted by Gasteiger charge is -2.25. The van der Waals surface area contributed by atoms with Crippen molar-refractivity contribution in [1.82, 2.24) is 15.3 Å². The molecule has 2 heterocycles. The minimum Gasteiger partial charge on any atom is -0.475 e. The molecule has 2 aromatic rings. The largest absolute Gasteiger partial charge is 0.475 e. The molecule has 24 heavy (non-hydrogen) atoms. The van der Waals surface area contributed by atoms with Gasteiger partial charge in [0, 0.05) is 24.0 Å². The lowest BCUT2D eigenvalue weighted by Crippen LogP contribution is -2.32. The molecule has 1 amide bonds. The predicted octanol–water partition coefficient (Wildman–Crippen LogP) is 2.36. The summed E-state index contributed by atoms with van der Waals surface area (Å²) in [6, 6.07) is 6.61. The van der Waals surface area contributed by atoms with Crippen LogP contribution in [0.1, 0.15) is 54.3 Å². The number of amides is 1. The molecule has 0 bridgehead atoms. The molecule has 6 nitrogen and oxygen atoms in total. The summed E-state index contributed by atoms with van der Waals surface area (Å²) in [5, 5.41) is 3.03. The fourth-order valence-corrected chi connectivity index (χ4v) is 2.92. The van der Waals surface area contributed by atoms with Crippen LogP contribution in [0.3, 0.4) is 0 Å². The summed E-state index contributed by atoms with van der Waals surface area (Å²) in [5.74, 6) is 0.324. The number of nitrogens with one attached hydrogen (secondary N) is 2. The number of carbonyl (C=O) groups is 1. The van der Waals surface area contributed by atoms with Crippen LogP contribution in [-0.2, 0) is 6.42 Å². The molecule has 0 radical (unpaired) electrons. The summed E-state index contributed by atoms with van der Waals surface area (Å²) in [6.07, 6.45) is 4.17. The number of fused-ring (bicyclic) bond motifs is 1. The van der Waals surface area contributed by atoms with Crippen molar-refractivity contribution in [3.63, 3.8) is 0 Å². The van der Waals surface area contributed by atoms with E-state index in [0.29, 0.717) is 11.4 Å². The van der Waals surface area contributed by atoms with E-state index in [4.69, 9.17) is 4.74 Å². The van der Waals surface area contributed by atoms with Gasteiger partial charge in [-0.25, -0.2) is 4.98 Å². The molecule has 0 unspecified atom stereocenters. The van der Waals surface area contributed by atoms with Gasteiger partial charge in [-0.05, 0) is 50.8 Å². The molecule has 0 aliphatic heterocycles. The first kappa shape index (κ1) is 16.2. The Morgan fingerprint density at radius 2 is 2.17 bits per heavy atom. The van der Waals surface area contributed by atoms with E-state index in [1.807, 2.05) is 13.8 Å². The highest BCUT2D eigenvalue weighted by atomic mass is 16.5. The number of hydrogen-bond acceptors (Lipinski definition) is 4. The number of pyridine rings is 2. The molecule has 0 aromatic carbocycles. The van der Waals surface area contributed by atoms with E-state index in [1.165, 1.54) is 12.3 Å². The van der Waals surface area contributed by atoms with Crippen LogP contribution in [0.5, 0.6) is 5.88 Å². The van der Waals surface area contributed by atoms with E-state index in [-0.39, 0.29) is 23.6 Å². The summed E-state index contributed by atoms with van der Waals surface area (Å²) >= 11 is 0. The Balaban J connectivity index is 1.73. The third kappa shape index (κ3) is 3.64. The van der Waals surface area contributed by atoms with Crippen LogP contribution in [0.15, 0.2) is 35.3 Å². The van der Waals surface area contributed by atoms with Crippen LogP contribution in [0.4, 0.5) is 0 Å². The van der Waals surface area contributed by atoms with E-state index in [1.54, 1.807) is 18.2 Å². The summed E-state index contributed by atoms with van der Waals surface area (Å²) in [5.41, 5.74) is 2.29. The van der Waals surface area contributed by atoms with Gasteiger partial charge in [-0.3, -0.25) is 9.59 Å². The number of H-pyrrole nitrogens is 1. The molecule has 3 rings (SSSR count). The first-order valence-corrected chi connectivity index (χ1v) is 8.18. The van der Waals surface area contributed by atoms with Crippen molar-refractivity contribution in [1.29, 1.82) is 0 Å². The van der Waals surface area contributed by atoms with Crippen molar-refractivity contribution in [3.8, 4) is 5.88 Å². The number of carbonyl (C=O) groups excluding carboxylic acids is 1. The molecule has 1 aliphatic carbocycles. The molecular formula is C18H21N3O3. The normalized spacial score (nSPS) is 16.5. The number of aromatic nitrogens is 2. The van der Waals surface area contributed by atoms with Gasteiger partial charge in [0.05, 0.1) is 17.7 Å². The molecule has 6 heteroatoms. The summed E-state index contributed by atoms with van der Waals surface area (Å²) in [6.45, 7) is 3.85. The molecule has 0 spiro atoms. The first-order chi connectivity index (χ1) is 11.5. The molecular weight excluding hydrogens is 306 g/mol. The Labute approximate surface area is 140 Å². The lowest BCUT2D eigenvalue weighted by molar-refractivity contribution is 0.0932. The van der Waals surface area contributed by atoms with Crippen molar-refractivity contribution in [2.75, 3.05) is 0 Å². The zero-order valence-electron chi connectivity index (χ0n) is 13.8. The zero-order valence-corrected chi connectivity index (χ0v) is 13.8. The molecule has 1 aliphatic rings. The zero-order chi connectivity index (χ0) is 17.1. The smallest absolute Gasteiger partial charge is 0.253 e. The molecule has 1 atom stereocenters. The Morgan fingerprint density at radius 3 is 2.88 bits per heavy atom. The fourth-order valence-electron chi connectivity index (χ4n) is 2.92. The van der Waals surface area contributed by atoms with Gasteiger partial charge in [-0.15, -0.1) is 0 Å². The average molecular weight is 327 g/mol. The molecule has 126 valence electrons. The molecule has 2 aromatic heterocycles. The Morgan fingerprint density at radius 1 is 1.33 bits per heavy atom. The van der Waals surface area contributed by atoms with E-state index in [0.717, 1.165) is 30.5 Å². The predicted molar refractivity (Wildman–Crippen MR) is 90.2 cm³/mol. The number of aryl methyl sites for hydroxylation is 1. The van der Waals surface area contributed by atoms with Gasteiger partial charge in [-0.1, -0.05) is 0 Å². The van der Waals surface area contributed by atoms with Crippen molar-refractivity contribution >= 4 is 5.91 Å². The highest BCUT2D eigenvalue weighted by molar-refractivity contribution is 5.94. The lowest BCUT2D eigenvalue weighted by atomic mass is 9.91. The maximum atomic E-state index is 12.5. The van der Waals surface area contributed by atoms with Crippen molar-refractivity contribution in [2.45, 2.75) is 45.3 Å². The van der Waals surface area contributed by atoms with Crippen LogP contribution >= 0.6 is 0 Å². The van der Waals surface area contributed by atoms with Crippen molar-refractivity contribution < 1.29 is 9.53 Å². The first-order valence-electron chi connectivity index (χ1n) is 8.18. The third-order valence-corrected chi connectivity index (χ3v) is 3.99. The number of nitrogens with zero attached hydrogens (tertiary/aromatic N) is 1. The summed E-state index contributed by atoms with van der Waals surface area (Å²) < 4.78 is 5.48. The van der Waals surface area contributed by atoms with Crippen molar-refractivity contribution in [3.05, 3.63) is 57.6 Å². The minimum absolute atomic E-state index is 0.0399. The van der Waals surface area contributed by atoms with Gasteiger partial charge < -0.3 is 15.0 Å². The highest BCUT2D eigenvalue weighted by Gasteiger charge is 2.23. The van der Waals surface area contributed by atoms with Crippen LogP contribution in [0, 0.1) is 0 Å². The van der Waals surface area contributed by atoms with Crippen LogP contribution in [0.2, 0.25) is 0 Å². The van der Waals surface area contributed by atoms with Gasteiger partial charge in [0.2, 0.25) is 11.4 Å². The summed E-state index contributed by atoms with van der Waals surface area (Å²) in [7, 11) is 0. The molecule has 0 saturated carbocycles. The van der Waals surface area contributed by atoms with Gasteiger partial charge in [0.15, 0.2) is 0 Å². The Kier molecular flexibility index (Phi) is 4.64. The SMILES string of the molecule is CC(C)Oc1ccc(C(=O)N[C@H]2CCCc3[nH]c(=O)ccc32)cn1. The minimum atomic E-state index is -0.178. The number of hydrogen-bond donors (Lipinski definition) is 2. The van der Waals surface area contributed by atoms with E-state index in [9.17, 15) is 9.59 Å². The Hall–Kier alpha value is -2.63. The number of rotatable bonds is 4. The second-order valence-corrected chi connectivity index (χ2v) is 6.23. The number of ether oxygens (including phenoxy) is 1. The Bertz CT molecular complexity index is 781. The van der Waals surface area contributed by atoms with Gasteiger partial charge >= 0.3 is 0 Å². The quantitative estimate of drug-likeness (QED) is 0.903. The standard InChI is InChI=1S/C18H21N3O3/c1-11(2)24-17-9-6-12(10-19-17)18(23)21-15-5-3-4-14-13(15)7-8-16(22)20-14/h6-11,15H,3-5H2,1-2H3,(H,20,22)(H,21,23)/t15-/m0/s1. The van der Waals surface area contributed by atoms with E-state index < -0.39 is 0 Å². The van der Waals surface area contributed by atoms with Crippen molar-refractivity contribution in [2.24, 2.45) is 0 Å². The fraction of sp³-hybridized carbons (Fsp3) is 0.389. The topological polar surface area (TPSA) is 84.1 Å². The second-order valence-electron chi connectivity index (χ2n) is 6.23. The molecule has 0 fully saturated rings. The average Bonchev–Trinajstić information content (AvgIpc) is 2.55. The maximum absolute atomic E-state index is 12.5. The van der Waals surface area contributed by atoms with E-state index in [2.05, 4.69) is 15.3 Å². The van der Waals surface area contributed by atoms with Gasteiger partial charge in [-0.2, -0.15) is 0 Å². The van der Waals surface area contributed by atoms with Crippen LogP contribution in [0.25, 0.3) is 0 Å². The van der Waals surface area contributed by atoms with Gasteiger partial charge in [0.25, 0.3) is 5.91 Å². The molecule has 2 N–H and O–H groups in total. The molecule has 0 saturated heterocycles. The maximum Gasteiger partial charge on any atom is 0.253 e. The number of aromatic amines is 1. The second kappa shape index (κ2) is 6.86.